The number of likely N-dealkylation sites (N-methyl/N-ethyl adjacent to an activating group) is 1. The summed E-state index contributed by atoms with van der Waals surface area (Å²) in [6, 6.07) is 15.7. The van der Waals surface area contributed by atoms with Crippen molar-refractivity contribution < 1.29 is 14.3 Å². The maximum Gasteiger partial charge on any atom is 0.339 e. The zero-order valence-corrected chi connectivity index (χ0v) is 18.4. The number of para-hydroxylation sites is 1. The second-order valence-electron chi connectivity index (χ2n) is 8.29. The van der Waals surface area contributed by atoms with Gasteiger partial charge in [0.25, 0.3) is 0 Å². The fraction of sp³-hybridized carbons (Fsp3) is 0.417. The van der Waals surface area contributed by atoms with Crippen molar-refractivity contribution >= 4 is 17.4 Å². The Morgan fingerprint density at radius 3 is 2.61 bits per heavy atom. The second kappa shape index (κ2) is 8.98. The summed E-state index contributed by atoms with van der Waals surface area (Å²) < 4.78 is 11.0. The number of hydrazone groups is 1. The topological polar surface area (TPSA) is 75.2 Å². The van der Waals surface area contributed by atoms with E-state index in [4.69, 9.17) is 9.47 Å². The minimum absolute atomic E-state index is 0.0552. The Hall–Kier alpha value is -3.06. The van der Waals surface area contributed by atoms with E-state index in [-0.39, 0.29) is 11.4 Å². The Kier molecular flexibility index (Phi) is 6.13. The van der Waals surface area contributed by atoms with E-state index in [1.54, 1.807) is 14.2 Å². The number of carbonyl (C=O) groups is 1. The maximum absolute atomic E-state index is 12.2. The molecule has 2 atom stereocenters. The smallest absolute Gasteiger partial charge is 0.339 e. The van der Waals surface area contributed by atoms with Crippen LogP contribution in [0.1, 0.15) is 31.2 Å². The van der Waals surface area contributed by atoms with Crippen LogP contribution in [-0.2, 0) is 5.41 Å². The quantitative estimate of drug-likeness (QED) is 0.714. The Balaban J connectivity index is 1.49. The molecule has 4 rings (SSSR count). The van der Waals surface area contributed by atoms with Gasteiger partial charge >= 0.3 is 6.03 Å². The normalized spacial score (nSPS) is 24.5. The number of methoxy groups -OCH3 is 2. The molecule has 164 valence electrons. The van der Waals surface area contributed by atoms with Crippen LogP contribution in [0.3, 0.4) is 0 Å². The second-order valence-corrected chi connectivity index (χ2v) is 8.29. The lowest BCUT2D eigenvalue weighted by molar-refractivity contribution is 0.225. The standard InChI is InChI=1S/C24H30N4O3/c1-28-14-13-24(17-9-10-20(30-2)21(15-17)31-3)12-11-19(16-22(24)28)26-27-23(29)25-18-7-5-4-6-8-18/h4-10,15,22H,11-14,16H2,1-3H3,(H2,25,27,29)/b26-19+. The number of hydrogen-bond donors (Lipinski definition) is 2. The first-order valence-electron chi connectivity index (χ1n) is 10.7. The summed E-state index contributed by atoms with van der Waals surface area (Å²) in [4.78, 5) is 14.6. The van der Waals surface area contributed by atoms with Gasteiger partial charge in [0.1, 0.15) is 0 Å². The van der Waals surface area contributed by atoms with E-state index in [1.807, 2.05) is 36.4 Å². The van der Waals surface area contributed by atoms with Crippen LogP contribution in [0, 0.1) is 0 Å². The number of rotatable bonds is 5. The van der Waals surface area contributed by atoms with Gasteiger partial charge in [0.05, 0.1) is 14.2 Å². The third kappa shape index (κ3) is 4.23. The molecule has 0 radical (unpaired) electrons. The summed E-state index contributed by atoms with van der Waals surface area (Å²) in [7, 11) is 5.51. The molecule has 7 heteroatoms. The van der Waals surface area contributed by atoms with Crippen molar-refractivity contribution in [2.24, 2.45) is 5.10 Å². The van der Waals surface area contributed by atoms with Gasteiger partial charge in [0.15, 0.2) is 11.5 Å². The van der Waals surface area contributed by atoms with Gasteiger partial charge in [0.2, 0.25) is 0 Å². The zero-order chi connectivity index (χ0) is 21.8. The molecule has 1 saturated carbocycles. The first-order chi connectivity index (χ1) is 15.1. The Morgan fingerprint density at radius 1 is 1.10 bits per heavy atom. The van der Waals surface area contributed by atoms with Crippen molar-refractivity contribution in [3.05, 3.63) is 54.1 Å². The molecule has 1 heterocycles. The number of nitrogens with zero attached hydrogens (tertiary/aromatic N) is 2. The number of urea groups is 1. The maximum atomic E-state index is 12.2. The first-order valence-corrected chi connectivity index (χ1v) is 10.7. The number of benzene rings is 2. The molecule has 2 aliphatic rings. The molecule has 7 nitrogen and oxygen atoms in total. The molecule has 0 spiro atoms. The van der Waals surface area contributed by atoms with Crippen LogP contribution in [0.5, 0.6) is 11.5 Å². The monoisotopic (exact) mass is 422 g/mol. The van der Waals surface area contributed by atoms with Crippen molar-refractivity contribution in [3.8, 4) is 11.5 Å². The number of amides is 2. The van der Waals surface area contributed by atoms with Gasteiger partial charge in [-0.25, -0.2) is 10.2 Å². The van der Waals surface area contributed by atoms with Crippen molar-refractivity contribution in [3.63, 3.8) is 0 Å². The SMILES string of the molecule is COc1ccc(C23CC/C(=N\NC(=O)Nc4ccccc4)CC2N(C)CC3)cc1OC. The number of nitrogens with one attached hydrogen (secondary N) is 2. The number of anilines is 1. The predicted octanol–water partition coefficient (Wildman–Crippen LogP) is 4.01. The van der Waals surface area contributed by atoms with Crippen molar-refractivity contribution in [1.29, 1.82) is 0 Å². The van der Waals surface area contributed by atoms with Gasteiger partial charge in [0, 0.05) is 29.3 Å². The van der Waals surface area contributed by atoms with E-state index < -0.39 is 0 Å². The van der Waals surface area contributed by atoms with Gasteiger partial charge in [-0.15, -0.1) is 0 Å². The average Bonchev–Trinajstić information content (AvgIpc) is 3.15. The Bertz CT molecular complexity index is 963. The summed E-state index contributed by atoms with van der Waals surface area (Å²) in [5.41, 5.74) is 5.77. The van der Waals surface area contributed by atoms with Crippen LogP contribution in [0.2, 0.25) is 0 Å². The van der Waals surface area contributed by atoms with E-state index in [0.717, 1.165) is 55.1 Å². The lowest BCUT2D eigenvalue weighted by Gasteiger charge is -2.42. The van der Waals surface area contributed by atoms with Crippen LogP contribution in [0.25, 0.3) is 0 Å². The Labute approximate surface area is 183 Å². The minimum Gasteiger partial charge on any atom is -0.493 e. The van der Waals surface area contributed by atoms with Gasteiger partial charge in [-0.3, -0.25) is 0 Å². The molecule has 2 aromatic rings. The molecule has 0 bridgehead atoms. The fourth-order valence-corrected chi connectivity index (χ4v) is 4.99. The molecule has 2 aromatic carbocycles. The first kappa shape index (κ1) is 21.2. The summed E-state index contributed by atoms with van der Waals surface area (Å²) in [5.74, 6) is 1.51. The van der Waals surface area contributed by atoms with E-state index in [9.17, 15) is 4.79 Å². The van der Waals surface area contributed by atoms with Crippen LogP contribution < -0.4 is 20.2 Å². The number of ether oxygens (including phenoxy) is 2. The molecule has 2 unspecified atom stereocenters. The van der Waals surface area contributed by atoms with Gasteiger partial charge in [-0.1, -0.05) is 24.3 Å². The van der Waals surface area contributed by atoms with Gasteiger partial charge in [-0.05, 0) is 62.7 Å². The number of fused-ring (bicyclic) bond motifs is 1. The van der Waals surface area contributed by atoms with E-state index in [0.29, 0.717) is 6.04 Å². The van der Waals surface area contributed by atoms with Crippen LogP contribution >= 0.6 is 0 Å². The molecule has 0 aromatic heterocycles. The molecule has 2 fully saturated rings. The number of hydrogen-bond acceptors (Lipinski definition) is 5. The molecular formula is C24H30N4O3. The predicted molar refractivity (Wildman–Crippen MR) is 122 cm³/mol. The van der Waals surface area contributed by atoms with Crippen molar-refractivity contribution in [2.45, 2.75) is 37.1 Å². The third-order valence-corrected chi connectivity index (χ3v) is 6.67. The van der Waals surface area contributed by atoms with Crippen molar-refractivity contribution in [2.75, 3.05) is 33.1 Å². The largest absolute Gasteiger partial charge is 0.493 e. The van der Waals surface area contributed by atoms with E-state index in [1.165, 1.54) is 5.56 Å². The minimum atomic E-state index is -0.324. The van der Waals surface area contributed by atoms with Crippen LogP contribution in [0.15, 0.2) is 53.6 Å². The molecular weight excluding hydrogens is 392 g/mol. The lowest BCUT2D eigenvalue weighted by atomic mass is 9.65. The highest BCUT2D eigenvalue weighted by Gasteiger charge is 2.49. The summed E-state index contributed by atoms with van der Waals surface area (Å²) in [6.45, 7) is 1.04. The lowest BCUT2D eigenvalue weighted by Crippen LogP contribution is -2.46. The van der Waals surface area contributed by atoms with E-state index in [2.05, 4.69) is 39.9 Å². The number of likely N-dealkylation sites (tertiary alicyclic amines) is 1. The van der Waals surface area contributed by atoms with Crippen LogP contribution in [0.4, 0.5) is 10.5 Å². The van der Waals surface area contributed by atoms with Crippen LogP contribution in [-0.4, -0.2) is 50.5 Å². The highest BCUT2D eigenvalue weighted by molar-refractivity contribution is 5.92. The van der Waals surface area contributed by atoms with E-state index >= 15 is 0 Å². The molecule has 1 saturated heterocycles. The summed E-state index contributed by atoms with van der Waals surface area (Å²) >= 11 is 0. The zero-order valence-electron chi connectivity index (χ0n) is 18.4. The average molecular weight is 423 g/mol. The van der Waals surface area contributed by atoms with Gasteiger partial charge < -0.3 is 19.7 Å². The number of carbonyl (C=O) groups excluding carboxylic acids is 1. The molecule has 1 aliphatic carbocycles. The molecule has 2 amide bonds. The molecule has 2 N–H and O–H groups in total. The van der Waals surface area contributed by atoms with Crippen molar-refractivity contribution in [1.82, 2.24) is 10.3 Å². The molecule has 31 heavy (non-hydrogen) atoms. The fourth-order valence-electron chi connectivity index (χ4n) is 4.99. The highest BCUT2D eigenvalue weighted by Crippen LogP contribution is 2.49. The molecule has 1 aliphatic heterocycles. The van der Waals surface area contributed by atoms with Gasteiger partial charge in [-0.2, -0.15) is 5.10 Å². The third-order valence-electron chi connectivity index (χ3n) is 6.67. The Morgan fingerprint density at radius 2 is 1.87 bits per heavy atom. The highest BCUT2D eigenvalue weighted by atomic mass is 16.5. The summed E-state index contributed by atoms with van der Waals surface area (Å²) in [6.07, 6.45) is 3.76. The summed E-state index contributed by atoms with van der Waals surface area (Å²) in [5, 5.41) is 7.24.